The van der Waals surface area contributed by atoms with Crippen LogP contribution in [0.1, 0.15) is 61.3 Å². The van der Waals surface area contributed by atoms with E-state index in [-0.39, 0.29) is 17.4 Å². The van der Waals surface area contributed by atoms with Crippen molar-refractivity contribution in [2.24, 2.45) is 0 Å². The highest BCUT2D eigenvalue weighted by atomic mass is 35.5. The van der Waals surface area contributed by atoms with Crippen molar-refractivity contribution in [3.63, 3.8) is 0 Å². The number of carboxylic acids is 2. The van der Waals surface area contributed by atoms with E-state index in [1.807, 2.05) is 19.9 Å². The van der Waals surface area contributed by atoms with Crippen LogP contribution in [-0.4, -0.2) is 78.1 Å². The summed E-state index contributed by atoms with van der Waals surface area (Å²) in [5.41, 5.74) is 5.81. The summed E-state index contributed by atoms with van der Waals surface area (Å²) >= 11 is 6.46. The monoisotopic (exact) mass is 558 g/mol. The molecular weight excluding hydrogens is 524 g/mol. The van der Waals surface area contributed by atoms with Gasteiger partial charge in [-0.2, -0.15) is 0 Å². The van der Waals surface area contributed by atoms with Crippen LogP contribution in [0.15, 0.2) is 42.5 Å². The summed E-state index contributed by atoms with van der Waals surface area (Å²) in [6.07, 6.45) is 2.17. The number of benzene rings is 2. The van der Waals surface area contributed by atoms with Crippen LogP contribution in [0.4, 0.5) is 0 Å². The van der Waals surface area contributed by atoms with Crippen LogP contribution in [0.2, 0.25) is 5.02 Å². The number of nitrogens with zero attached hydrogens (tertiary/aromatic N) is 1. The van der Waals surface area contributed by atoms with Crippen molar-refractivity contribution in [2.45, 2.75) is 56.8 Å². The first-order chi connectivity index (χ1) is 18.7. The summed E-state index contributed by atoms with van der Waals surface area (Å²) in [6.45, 7) is 7.56. The number of carbonyl (C=O) groups is 3. The second-order valence-corrected chi connectivity index (χ2v) is 10.5. The molecule has 3 aliphatic rings. The zero-order chi connectivity index (χ0) is 28.2. The van der Waals surface area contributed by atoms with Crippen LogP contribution < -0.4 is 5.32 Å². The largest absolute Gasteiger partial charge is 0.473 e. The number of piperidine rings is 1. The standard InChI is InChI=1S/C27H33ClN2O3.C2H2O4/c1-3-32-26(33-4-2)25(31)29-19-11-13-30(14-12-19)17-27-16-22(20-7-5-6-8-23(20)27)21-10-9-18(28)15-24(21)27;3-1(4)2(5)6/h5-10,15,19,22,26H,3-4,11-14,16-17H2,1-2H3,(H,29,31);(H,3,4)(H,5,6)/t22-,27-;/m0./s1. The first-order valence-corrected chi connectivity index (χ1v) is 13.7. The molecule has 9 nitrogen and oxygen atoms in total. The molecule has 1 heterocycles. The molecule has 2 aromatic rings. The molecule has 39 heavy (non-hydrogen) atoms. The van der Waals surface area contributed by atoms with Crippen LogP contribution in [-0.2, 0) is 29.3 Å². The molecule has 0 aromatic heterocycles. The third-order valence-electron chi connectivity index (χ3n) is 7.77. The summed E-state index contributed by atoms with van der Waals surface area (Å²) in [5, 5.41) is 18.7. The first-order valence-electron chi connectivity index (χ1n) is 13.3. The van der Waals surface area contributed by atoms with Crippen LogP contribution in [0.25, 0.3) is 0 Å². The second-order valence-electron chi connectivity index (χ2n) is 10.1. The smallest absolute Gasteiger partial charge is 0.414 e. The van der Waals surface area contributed by atoms with Gasteiger partial charge in [0.1, 0.15) is 0 Å². The Bertz CT molecular complexity index is 1200. The minimum Gasteiger partial charge on any atom is -0.473 e. The summed E-state index contributed by atoms with van der Waals surface area (Å²) < 4.78 is 10.9. The van der Waals surface area contributed by atoms with Crippen molar-refractivity contribution >= 4 is 29.4 Å². The average molecular weight is 559 g/mol. The number of nitrogens with one attached hydrogen (secondary N) is 1. The van der Waals surface area contributed by atoms with Gasteiger partial charge in [-0.15, -0.1) is 0 Å². The molecule has 1 amide bonds. The van der Waals surface area contributed by atoms with E-state index in [1.165, 1.54) is 22.3 Å². The maximum absolute atomic E-state index is 12.6. The fourth-order valence-electron chi connectivity index (χ4n) is 6.21. The molecule has 0 unspecified atom stereocenters. The Morgan fingerprint density at radius 3 is 2.23 bits per heavy atom. The van der Waals surface area contributed by atoms with E-state index in [4.69, 9.17) is 40.9 Å². The third-order valence-corrected chi connectivity index (χ3v) is 8.01. The Morgan fingerprint density at radius 1 is 1.00 bits per heavy atom. The Labute approximate surface area is 233 Å². The summed E-state index contributed by atoms with van der Waals surface area (Å²) in [7, 11) is 0. The van der Waals surface area contributed by atoms with Crippen LogP contribution in [0.3, 0.4) is 0 Å². The van der Waals surface area contributed by atoms with E-state index in [9.17, 15) is 4.79 Å². The maximum atomic E-state index is 12.6. The Morgan fingerprint density at radius 2 is 1.62 bits per heavy atom. The van der Waals surface area contributed by atoms with E-state index in [0.29, 0.717) is 19.1 Å². The van der Waals surface area contributed by atoms with Gasteiger partial charge in [0.15, 0.2) is 0 Å². The fourth-order valence-corrected chi connectivity index (χ4v) is 6.38. The number of ether oxygens (including phenoxy) is 2. The maximum Gasteiger partial charge on any atom is 0.414 e. The van der Waals surface area contributed by atoms with Crippen molar-refractivity contribution in [1.82, 2.24) is 10.2 Å². The Kier molecular flexibility index (Phi) is 9.27. The summed E-state index contributed by atoms with van der Waals surface area (Å²) in [5.74, 6) is -3.34. The quantitative estimate of drug-likeness (QED) is 0.331. The summed E-state index contributed by atoms with van der Waals surface area (Å²) in [6, 6.07) is 15.6. The lowest BCUT2D eigenvalue weighted by Gasteiger charge is -2.40. The SMILES string of the molecule is CCOC(OCC)C(=O)NC1CCN(C[C@@]23C[C@@H](c4ccccc42)c2ccc(Cl)cc23)CC1.O=C(O)C(=O)O. The van der Waals surface area contributed by atoms with Gasteiger partial charge in [-0.25, -0.2) is 9.59 Å². The lowest BCUT2D eigenvalue weighted by atomic mass is 9.74. The topological polar surface area (TPSA) is 125 Å². The van der Waals surface area contributed by atoms with Gasteiger partial charge in [0.05, 0.1) is 0 Å². The predicted octanol–water partition coefficient (Wildman–Crippen LogP) is 3.61. The highest BCUT2D eigenvalue weighted by molar-refractivity contribution is 6.30. The molecule has 0 radical (unpaired) electrons. The predicted molar refractivity (Wildman–Crippen MR) is 145 cm³/mol. The molecule has 2 bridgehead atoms. The molecule has 210 valence electrons. The zero-order valence-electron chi connectivity index (χ0n) is 22.2. The van der Waals surface area contributed by atoms with E-state index in [1.54, 1.807) is 0 Å². The van der Waals surface area contributed by atoms with Crippen molar-refractivity contribution < 1.29 is 34.1 Å². The lowest BCUT2D eigenvalue weighted by Crippen LogP contribution is -2.50. The lowest BCUT2D eigenvalue weighted by molar-refractivity contribution is -0.171. The normalized spacial score (nSPS) is 21.6. The molecule has 0 saturated carbocycles. The molecule has 1 fully saturated rings. The number of carbonyl (C=O) groups excluding carboxylic acids is 1. The first kappa shape index (κ1) is 29.0. The molecule has 2 aromatic carbocycles. The van der Waals surface area contributed by atoms with Crippen LogP contribution in [0, 0.1) is 0 Å². The number of hydrogen-bond donors (Lipinski definition) is 3. The number of carboxylic acid groups (broad SMARTS) is 2. The van der Waals surface area contributed by atoms with Gasteiger partial charge >= 0.3 is 11.9 Å². The van der Waals surface area contributed by atoms with Gasteiger partial charge in [-0.1, -0.05) is 41.9 Å². The van der Waals surface area contributed by atoms with Crippen molar-refractivity contribution in [3.05, 3.63) is 69.7 Å². The van der Waals surface area contributed by atoms with E-state index >= 15 is 0 Å². The molecule has 1 aliphatic heterocycles. The molecule has 2 aliphatic carbocycles. The third kappa shape index (κ3) is 6.11. The molecule has 2 atom stereocenters. The van der Waals surface area contributed by atoms with E-state index in [2.05, 4.69) is 46.6 Å². The van der Waals surface area contributed by atoms with Gasteiger partial charge in [0.25, 0.3) is 5.91 Å². The Balaban J connectivity index is 0.000000531. The number of fused-ring (bicyclic) bond motifs is 8. The highest BCUT2D eigenvalue weighted by Crippen LogP contribution is 2.60. The average Bonchev–Trinajstić information content (AvgIpc) is 3.41. The number of rotatable bonds is 8. The summed E-state index contributed by atoms with van der Waals surface area (Å²) in [4.78, 5) is 33.3. The molecular formula is C29H35ClN2O7. The molecule has 1 saturated heterocycles. The van der Waals surface area contributed by atoms with Gasteiger partial charge in [-0.05, 0) is 67.5 Å². The minimum atomic E-state index is -1.82. The molecule has 0 spiro atoms. The van der Waals surface area contributed by atoms with Gasteiger partial charge in [0.2, 0.25) is 6.29 Å². The zero-order valence-corrected chi connectivity index (χ0v) is 22.9. The van der Waals surface area contributed by atoms with Gasteiger partial charge in [-0.3, -0.25) is 4.79 Å². The van der Waals surface area contributed by atoms with Crippen LogP contribution in [0.5, 0.6) is 0 Å². The number of hydrogen-bond acceptors (Lipinski definition) is 6. The number of halogens is 1. The van der Waals surface area contributed by atoms with Crippen LogP contribution >= 0.6 is 11.6 Å². The minimum absolute atomic E-state index is 0.00655. The molecule has 3 N–H and O–H groups in total. The number of aliphatic carboxylic acids is 2. The van der Waals surface area contributed by atoms with Crippen molar-refractivity contribution in [3.8, 4) is 0 Å². The Hall–Kier alpha value is -2.98. The fraction of sp³-hybridized carbons (Fsp3) is 0.483. The van der Waals surface area contributed by atoms with Gasteiger partial charge in [0, 0.05) is 55.2 Å². The van der Waals surface area contributed by atoms with E-state index in [0.717, 1.165) is 43.9 Å². The molecule has 10 heteroatoms. The van der Waals surface area contributed by atoms with Crippen molar-refractivity contribution in [1.29, 1.82) is 0 Å². The van der Waals surface area contributed by atoms with E-state index < -0.39 is 18.2 Å². The second kappa shape index (κ2) is 12.5. The number of amides is 1. The molecule has 5 rings (SSSR count). The highest BCUT2D eigenvalue weighted by Gasteiger charge is 2.53. The van der Waals surface area contributed by atoms with Gasteiger partial charge < -0.3 is 29.9 Å². The number of likely N-dealkylation sites (tertiary alicyclic amines) is 1. The van der Waals surface area contributed by atoms with Crippen molar-refractivity contribution in [2.75, 3.05) is 32.8 Å².